The largest absolute Gasteiger partial charge is 0.468 e. The summed E-state index contributed by atoms with van der Waals surface area (Å²) in [6.07, 6.45) is 10.2. The van der Waals surface area contributed by atoms with Gasteiger partial charge in [-0.05, 0) is 43.7 Å². The molecule has 4 heterocycles. The van der Waals surface area contributed by atoms with Crippen LogP contribution in [0.4, 0.5) is 0 Å². The molecular formula is C19H21N3O2. The average Bonchev–Trinajstić information content (AvgIpc) is 3.26. The molecule has 0 N–H and O–H groups in total. The van der Waals surface area contributed by atoms with Crippen LogP contribution in [0.25, 0.3) is 11.3 Å². The fraction of sp³-hybridized carbons (Fsp3) is 0.368. The summed E-state index contributed by atoms with van der Waals surface area (Å²) in [5, 5.41) is 4.20. The molecule has 1 fully saturated rings. The van der Waals surface area contributed by atoms with Gasteiger partial charge in [0.1, 0.15) is 11.5 Å². The third kappa shape index (κ3) is 3.26. The molecule has 0 radical (unpaired) electrons. The molecule has 0 unspecified atom stereocenters. The van der Waals surface area contributed by atoms with Crippen molar-refractivity contribution in [2.45, 2.75) is 38.3 Å². The quantitative estimate of drug-likeness (QED) is 0.710. The number of hydrogen-bond donors (Lipinski definition) is 0. The molecule has 0 amide bonds. The Bertz CT molecular complexity index is 752. The summed E-state index contributed by atoms with van der Waals surface area (Å²) in [5.41, 5.74) is 1.81. The van der Waals surface area contributed by atoms with E-state index in [9.17, 15) is 0 Å². The van der Waals surface area contributed by atoms with Crippen molar-refractivity contribution in [1.29, 1.82) is 0 Å². The van der Waals surface area contributed by atoms with Crippen LogP contribution in [-0.4, -0.2) is 21.6 Å². The highest BCUT2D eigenvalue weighted by molar-refractivity contribution is 5.57. The number of rotatable bonds is 4. The van der Waals surface area contributed by atoms with Crippen LogP contribution in [0.3, 0.4) is 0 Å². The zero-order chi connectivity index (χ0) is 16.2. The molecule has 3 aromatic rings. The van der Waals surface area contributed by atoms with E-state index >= 15 is 0 Å². The molecule has 3 aromatic heterocycles. The lowest BCUT2D eigenvalue weighted by molar-refractivity contribution is 0.152. The lowest BCUT2D eigenvalue weighted by Crippen LogP contribution is -2.27. The molecule has 0 saturated carbocycles. The van der Waals surface area contributed by atoms with Crippen molar-refractivity contribution in [2.75, 3.05) is 6.54 Å². The van der Waals surface area contributed by atoms with Gasteiger partial charge < -0.3 is 8.94 Å². The zero-order valence-corrected chi connectivity index (χ0v) is 13.6. The predicted octanol–water partition coefficient (Wildman–Crippen LogP) is 4.45. The lowest BCUT2D eigenvalue weighted by Gasteiger charge is -2.27. The summed E-state index contributed by atoms with van der Waals surface area (Å²) in [6, 6.07) is 10.3. The molecule has 24 heavy (non-hydrogen) atoms. The highest BCUT2D eigenvalue weighted by Gasteiger charge is 2.26. The van der Waals surface area contributed by atoms with Crippen LogP contribution in [0.15, 0.2) is 57.9 Å². The zero-order valence-electron chi connectivity index (χ0n) is 13.6. The maximum absolute atomic E-state index is 5.67. The first-order chi connectivity index (χ1) is 11.9. The fourth-order valence-electron chi connectivity index (χ4n) is 3.40. The number of aromatic nitrogens is 2. The SMILES string of the molecule is c1cncc(-c2cc(CN3CCCCC[C@@H]3c3ccco3)on2)c1. The van der Waals surface area contributed by atoms with E-state index in [4.69, 9.17) is 8.94 Å². The van der Waals surface area contributed by atoms with Gasteiger partial charge in [0.25, 0.3) is 0 Å². The molecule has 5 nitrogen and oxygen atoms in total. The Morgan fingerprint density at radius 3 is 3.00 bits per heavy atom. The number of hydrogen-bond acceptors (Lipinski definition) is 5. The summed E-state index contributed by atoms with van der Waals surface area (Å²) in [6.45, 7) is 1.80. The van der Waals surface area contributed by atoms with E-state index in [2.05, 4.69) is 21.1 Å². The maximum atomic E-state index is 5.67. The molecule has 0 aliphatic carbocycles. The van der Waals surface area contributed by atoms with Gasteiger partial charge in [0, 0.05) is 24.0 Å². The predicted molar refractivity (Wildman–Crippen MR) is 90.1 cm³/mol. The standard InChI is InChI=1S/C19H21N3O2/c1-2-7-18(19-8-5-11-23-19)22(10-3-1)14-16-12-17(21-24-16)15-6-4-9-20-13-15/h4-6,8-9,11-13,18H,1-3,7,10,14H2/t18-/m1/s1. The van der Waals surface area contributed by atoms with Crippen molar-refractivity contribution < 1.29 is 8.94 Å². The Labute approximate surface area is 141 Å². The third-order valence-electron chi connectivity index (χ3n) is 4.61. The number of nitrogens with zero attached hydrogens (tertiary/aromatic N) is 3. The Morgan fingerprint density at radius 1 is 1.17 bits per heavy atom. The normalized spacial score (nSPS) is 19.2. The minimum atomic E-state index is 0.314. The molecule has 124 valence electrons. The van der Waals surface area contributed by atoms with Gasteiger partial charge in [-0.2, -0.15) is 0 Å². The van der Waals surface area contributed by atoms with E-state index in [1.807, 2.05) is 24.3 Å². The molecule has 1 aliphatic heterocycles. The molecule has 1 saturated heterocycles. The summed E-state index contributed by atoms with van der Waals surface area (Å²) in [4.78, 5) is 6.58. The van der Waals surface area contributed by atoms with E-state index < -0.39 is 0 Å². The van der Waals surface area contributed by atoms with E-state index in [1.165, 1.54) is 19.3 Å². The second-order valence-electron chi connectivity index (χ2n) is 6.27. The first kappa shape index (κ1) is 15.1. The van der Waals surface area contributed by atoms with Gasteiger partial charge in [-0.25, -0.2) is 0 Å². The van der Waals surface area contributed by atoms with Gasteiger partial charge in [0.2, 0.25) is 0 Å². The second kappa shape index (κ2) is 7.01. The molecule has 5 heteroatoms. The van der Waals surface area contributed by atoms with Crippen LogP contribution < -0.4 is 0 Å². The van der Waals surface area contributed by atoms with Crippen LogP contribution in [0, 0.1) is 0 Å². The Morgan fingerprint density at radius 2 is 2.17 bits per heavy atom. The molecule has 1 aliphatic rings. The van der Waals surface area contributed by atoms with Crippen LogP contribution in [0.2, 0.25) is 0 Å². The van der Waals surface area contributed by atoms with E-state index in [-0.39, 0.29) is 0 Å². The Balaban J connectivity index is 1.53. The lowest BCUT2D eigenvalue weighted by atomic mass is 10.1. The minimum Gasteiger partial charge on any atom is -0.468 e. The Hall–Kier alpha value is -2.40. The van der Waals surface area contributed by atoms with Crippen molar-refractivity contribution >= 4 is 0 Å². The van der Waals surface area contributed by atoms with Gasteiger partial charge in [0.05, 0.1) is 18.8 Å². The first-order valence-electron chi connectivity index (χ1n) is 8.53. The monoisotopic (exact) mass is 323 g/mol. The van der Waals surface area contributed by atoms with Gasteiger partial charge in [0.15, 0.2) is 5.76 Å². The fourth-order valence-corrected chi connectivity index (χ4v) is 3.40. The number of likely N-dealkylation sites (tertiary alicyclic amines) is 1. The smallest absolute Gasteiger partial charge is 0.151 e. The van der Waals surface area contributed by atoms with Crippen molar-refractivity contribution in [2.24, 2.45) is 0 Å². The van der Waals surface area contributed by atoms with Crippen LogP contribution in [0.5, 0.6) is 0 Å². The maximum Gasteiger partial charge on any atom is 0.151 e. The van der Waals surface area contributed by atoms with E-state index in [1.54, 1.807) is 18.7 Å². The number of pyridine rings is 1. The first-order valence-corrected chi connectivity index (χ1v) is 8.53. The van der Waals surface area contributed by atoms with Gasteiger partial charge >= 0.3 is 0 Å². The van der Waals surface area contributed by atoms with Crippen LogP contribution >= 0.6 is 0 Å². The van der Waals surface area contributed by atoms with Gasteiger partial charge in [-0.3, -0.25) is 9.88 Å². The van der Waals surface area contributed by atoms with Gasteiger partial charge in [-0.1, -0.05) is 18.0 Å². The topological polar surface area (TPSA) is 55.3 Å². The molecular weight excluding hydrogens is 302 g/mol. The van der Waals surface area contributed by atoms with Crippen molar-refractivity contribution in [3.05, 3.63) is 60.5 Å². The highest BCUT2D eigenvalue weighted by atomic mass is 16.5. The van der Waals surface area contributed by atoms with Crippen LogP contribution in [0.1, 0.15) is 43.2 Å². The molecule has 0 bridgehead atoms. The summed E-state index contributed by atoms with van der Waals surface area (Å²) in [5.74, 6) is 1.93. The minimum absolute atomic E-state index is 0.314. The summed E-state index contributed by atoms with van der Waals surface area (Å²) in [7, 11) is 0. The summed E-state index contributed by atoms with van der Waals surface area (Å²) < 4.78 is 11.3. The molecule has 0 aromatic carbocycles. The van der Waals surface area contributed by atoms with Crippen molar-refractivity contribution in [3.63, 3.8) is 0 Å². The second-order valence-corrected chi connectivity index (χ2v) is 6.27. The summed E-state index contributed by atoms with van der Waals surface area (Å²) >= 11 is 0. The Kier molecular flexibility index (Phi) is 4.42. The highest BCUT2D eigenvalue weighted by Crippen LogP contribution is 2.32. The van der Waals surface area contributed by atoms with Crippen molar-refractivity contribution in [3.8, 4) is 11.3 Å². The van der Waals surface area contributed by atoms with Crippen molar-refractivity contribution in [1.82, 2.24) is 15.0 Å². The molecule has 0 spiro atoms. The van der Waals surface area contributed by atoms with E-state index in [0.717, 1.165) is 42.3 Å². The number of furan rings is 1. The molecule has 4 rings (SSSR count). The average molecular weight is 323 g/mol. The van der Waals surface area contributed by atoms with E-state index in [0.29, 0.717) is 6.04 Å². The molecule has 1 atom stereocenters. The third-order valence-corrected chi connectivity index (χ3v) is 4.61. The van der Waals surface area contributed by atoms with Gasteiger partial charge in [-0.15, -0.1) is 0 Å². The van der Waals surface area contributed by atoms with Crippen LogP contribution in [-0.2, 0) is 6.54 Å².